The first-order valence-corrected chi connectivity index (χ1v) is 27.8. The van der Waals surface area contributed by atoms with Gasteiger partial charge in [-0.1, -0.05) is 64.9 Å². The lowest BCUT2D eigenvalue weighted by molar-refractivity contribution is -0.119. The van der Waals surface area contributed by atoms with E-state index in [2.05, 4.69) is 11.4 Å². The molecule has 1 N–H and O–H groups in total. The van der Waals surface area contributed by atoms with E-state index in [0.29, 0.717) is 82.3 Å². The number of methoxy groups -OCH3 is 1. The average Bonchev–Trinajstić information content (AvgIpc) is 3.86. The highest BCUT2D eigenvalue weighted by Gasteiger charge is 2.39. The van der Waals surface area contributed by atoms with Gasteiger partial charge in [-0.15, -0.1) is 0 Å². The Hall–Kier alpha value is -6.14. The number of carbonyl (C=O) groups excluding carboxylic acids is 4. The Balaban J connectivity index is 0.960. The molecule has 4 aliphatic rings. The van der Waals surface area contributed by atoms with Gasteiger partial charge < -0.3 is 24.4 Å². The van der Waals surface area contributed by atoms with Gasteiger partial charge in [-0.2, -0.15) is 8.42 Å². The molecule has 0 fully saturated rings. The second-order valence-electron chi connectivity index (χ2n) is 18.0. The van der Waals surface area contributed by atoms with Crippen molar-refractivity contribution in [1.29, 1.82) is 0 Å². The Morgan fingerprint density at radius 1 is 0.789 bits per heavy atom. The maximum Gasteiger partial charge on any atom is 0.279 e. The van der Waals surface area contributed by atoms with Crippen LogP contribution in [0, 0.1) is 6.92 Å². The highest BCUT2D eigenvalue weighted by molar-refractivity contribution is 8.76. The first-order valence-electron chi connectivity index (χ1n) is 23.8. The molecule has 3 amide bonds. The minimum atomic E-state index is -4.29. The van der Waals surface area contributed by atoms with Crippen LogP contribution in [-0.2, 0) is 56.4 Å². The van der Waals surface area contributed by atoms with Crippen molar-refractivity contribution in [2.45, 2.75) is 95.8 Å². The standard InChI is InChI=1S/C54H56N4O10S3/c1-5-42(59)13-10-19-69-70-20-18-51(71(63,64)66-4)52(60)56-39-23-34(31-67-48-29-45-44(21-33(48)2)54(62)58-41(30-55-45)26-38-12-7-9-15-47(38)58)22-35(24-39)32-68-50-27-36-16-17-40-25-37-11-6-8-14-46(37)57(40)53(61)43(36)28-49(50)65-3/h6-9,11-12,14-15,21-24,27-30,40-41,51H,5,10,13,16-20,25-26,31-32H2,1-4H3,(H,56,60)/t40-,41+,51?/m1/s1. The first kappa shape index (κ1) is 49.8. The summed E-state index contributed by atoms with van der Waals surface area (Å²) in [5.74, 6) is 1.63. The number of nitrogens with zero attached hydrogens (tertiary/aromatic N) is 3. The largest absolute Gasteiger partial charge is 0.493 e. The van der Waals surface area contributed by atoms with Gasteiger partial charge in [0.2, 0.25) is 5.91 Å². The van der Waals surface area contributed by atoms with Crippen molar-refractivity contribution in [3.8, 4) is 17.2 Å². The van der Waals surface area contributed by atoms with Crippen molar-refractivity contribution < 1.29 is 46.0 Å². The fraction of sp³-hybridized carbons (Fsp3) is 0.352. The summed E-state index contributed by atoms with van der Waals surface area (Å²) in [7, 11) is 1.25. The Kier molecular flexibility index (Phi) is 15.2. The molecule has 0 aliphatic carbocycles. The summed E-state index contributed by atoms with van der Waals surface area (Å²) in [4.78, 5) is 62.3. The lowest BCUT2D eigenvalue weighted by Gasteiger charge is -2.23. The van der Waals surface area contributed by atoms with Gasteiger partial charge in [0, 0.05) is 71.7 Å². The van der Waals surface area contributed by atoms with Crippen LogP contribution in [0.15, 0.2) is 96.0 Å². The molecule has 0 radical (unpaired) electrons. The predicted molar refractivity (Wildman–Crippen MR) is 280 cm³/mol. The van der Waals surface area contributed by atoms with Gasteiger partial charge in [-0.25, -0.2) is 0 Å². The summed E-state index contributed by atoms with van der Waals surface area (Å²) in [5, 5.41) is 1.33. The summed E-state index contributed by atoms with van der Waals surface area (Å²) in [6, 6.07) is 28.2. The maximum absolute atomic E-state index is 14.1. The Bertz CT molecular complexity index is 3030. The minimum Gasteiger partial charge on any atom is -0.493 e. The van der Waals surface area contributed by atoms with Crippen molar-refractivity contribution in [3.05, 3.63) is 136 Å². The number of hydrogen-bond acceptors (Lipinski definition) is 13. The highest BCUT2D eigenvalue weighted by Crippen LogP contribution is 2.42. The number of para-hydroxylation sites is 2. The molecule has 4 aliphatic heterocycles. The zero-order valence-electron chi connectivity index (χ0n) is 40.1. The van der Waals surface area contributed by atoms with Crippen LogP contribution in [0.1, 0.15) is 93.1 Å². The van der Waals surface area contributed by atoms with Crippen LogP contribution in [-0.4, -0.2) is 81.2 Å². The van der Waals surface area contributed by atoms with Gasteiger partial charge in [0.15, 0.2) is 16.7 Å². The van der Waals surface area contributed by atoms with Gasteiger partial charge in [0.05, 0.1) is 31.5 Å². The first-order chi connectivity index (χ1) is 34.3. The van der Waals surface area contributed by atoms with Crippen LogP contribution < -0.4 is 29.3 Å². The number of ether oxygens (including phenoxy) is 3. The number of fused-ring (bicyclic) bond motifs is 8. The van der Waals surface area contributed by atoms with Crippen LogP contribution in [0.5, 0.6) is 17.2 Å². The van der Waals surface area contributed by atoms with Crippen molar-refractivity contribution in [2.75, 3.05) is 40.8 Å². The second-order valence-corrected chi connectivity index (χ2v) is 22.6. The SMILES string of the molecule is CCC(=O)CCCSSCCC(C(=O)Nc1cc(COc2cc3c(cc2C)C(=O)N2c4ccccc4C[C@H]2C=N3)cc(COc2cc3c(cc2OC)C(=O)N2c4ccccc4C[C@H]2CC3)c1)S(=O)(=O)OC. The summed E-state index contributed by atoms with van der Waals surface area (Å²) in [5.41, 5.74) is 8.75. The molecule has 17 heteroatoms. The molecule has 3 atom stereocenters. The average molecular weight is 1020 g/mol. The van der Waals surface area contributed by atoms with Crippen molar-refractivity contribution in [3.63, 3.8) is 0 Å². The normalized spacial score (nSPS) is 17.0. The van der Waals surface area contributed by atoms with Crippen LogP contribution in [0.25, 0.3) is 0 Å². The predicted octanol–water partition coefficient (Wildman–Crippen LogP) is 9.78. The molecule has 0 bridgehead atoms. The number of aliphatic imine (C=N–C) groups is 1. The van der Waals surface area contributed by atoms with Crippen molar-refractivity contribution in [1.82, 2.24) is 0 Å². The monoisotopic (exact) mass is 1020 g/mol. The van der Waals surface area contributed by atoms with Gasteiger partial charge in [0.25, 0.3) is 21.9 Å². The lowest BCUT2D eigenvalue weighted by Crippen LogP contribution is -2.37. The molecule has 0 saturated heterocycles. The molecule has 71 heavy (non-hydrogen) atoms. The van der Waals surface area contributed by atoms with Gasteiger partial charge >= 0.3 is 0 Å². The van der Waals surface area contributed by atoms with Crippen molar-refractivity contribution >= 4 is 84.2 Å². The van der Waals surface area contributed by atoms with Gasteiger partial charge in [0.1, 0.15) is 24.7 Å². The van der Waals surface area contributed by atoms with Gasteiger partial charge in [-0.05, 0) is 121 Å². The third-order valence-electron chi connectivity index (χ3n) is 13.4. The van der Waals surface area contributed by atoms with Gasteiger partial charge in [-0.3, -0.25) is 33.3 Å². The molecule has 0 saturated carbocycles. The van der Waals surface area contributed by atoms with E-state index in [4.69, 9.17) is 23.4 Å². The third kappa shape index (κ3) is 10.7. The molecule has 14 nitrogen and oxygen atoms in total. The van der Waals surface area contributed by atoms with E-state index < -0.39 is 21.3 Å². The number of benzene rings is 5. The number of nitrogens with one attached hydrogen (secondary N) is 1. The molecular formula is C54H56N4O10S3. The minimum absolute atomic E-state index is 0.00835. The van der Waals surface area contributed by atoms with Crippen molar-refractivity contribution in [2.24, 2.45) is 4.99 Å². The molecule has 1 unspecified atom stereocenters. The van der Waals surface area contributed by atoms with Crippen LogP contribution in [0.4, 0.5) is 22.7 Å². The Labute approximate surface area is 422 Å². The quantitative estimate of drug-likeness (QED) is 0.0446. The van der Waals surface area contributed by atoms with E-state index >= 15 is 0 Å². The number of ketones is 1. The van der Waals surface area contributed by atoms with E-state index in [-0.39, 0.29) is 49.3 Å². The Morgan fingerprint density at radius 2 is 1.46 bits per heavy atom. The molecule has 4 heterocycles. The summed E-state index contributed by atoms with van der Waals surface area (Å²) < 4.78 is 50.0. The topological polar surface area (TPSA) is 170 Å². The maximum atomic E-state index is 14.1. The molecule has 0 aromatic heterocycles. The van der Waals surface area contributed by atoms with Crippen LogP contribution in [0.2, 0.25) is 0 Å². The molecule has 5 aromatic carbocycles. The van der Waals surface area contributed by atoms with E-state index in [9.17, 15) is 27.6 Å². The smallest absolute Gasteiger partial charge is 0.279 e. The zero-order chi connectivity index (χ0) is 49.8. The van der Waals surface area contributed by atoms with Crippen LogP contribution >= 0.6 is 21.6 Å². The number of anilines is 3. The highest BCUT2D eigenvalue weighted by atomic mass is 33.1. The van der Waals surface area contributed by atoms with Crippen LogP contribution in [0.3, 0.4) is 0 Å². The molecule has 0 spiro atoms. The Morgan fingerprint density at radius 3 is 2.18 bits per heavy atom. The zero-order valence-corrected chi connectivity index (χ0v) is 42.6. The number of rotatable bonds is 20. The van der Waals surface area contributed by atoms with E-state index in [1.54, 1.807) is 35.2 Å². The van der Waals surface area contributed by atoms with E-state index in [1.165, 1.54) is 28.7 Å². The number of amides is 3. The molecule has 5 aromatic rings. The third-order valence-corrected chi connectivity index (χ3v) is 17.5. The fourth-order valence-corrected chi connectivity index (χ4v) is 13.0. The summed E-state index contributed by atoms with van der Waals surface area (Å²) >= 11 is 0. The number of carbonyl (C=O) groups is 4. The van der Waals surface area contributed by atoms with E-state index in [1.807, 2.05) is 79.6 Å². The lowest BCUT2D eigenvalue weighted by atomic mass is 9.99. The molecule has 370 valence electrons. The summed E-state index contributed by atoms with van der Waals surface area (Å²) in [6.45, 7) is 3.74. The summed E-state index contributed by atoms with van der Waals surface area (Å²) in [6.07, 6.45) is 6.44. The number of aryl methyl sites for hydroxylation is 2. The van der Waals surface area contributed by atoms with E-state index in [0.717, 1.165) is 65.8 Å². The fourth-order valence-electron chi connectivity index (χ4n) is 9.75. The molecular weight excluding hydrogens is 961 g/mol. The number of hydrogen-bond donors (Lipinski definition) is 1. The number of Topliss-reactive ketones (excluding diaryl/α,β-unsaturated/α-hetero) is 1. The molecule has 9 rings (SSSR count). The second kappa shape index (κ2) is 21.7.